The summed E-state index contributed by atoms with van der Waals surface area (Å²) >= 11 is 0. The Morgan fingerprint density at radius 2 is 2.11 bits per heavy atom. The Bertz CT molecular complexity index is 392. The molecule has 19 heavy (non-hydrogen) atoms. The van der Waals surface area contributed by atoms with Crippen molar-refractivity contribution in [2.75, 3.05) is 33.4 Å². The number of alkyl halides is 2. The highest BCUT2D eigenvalue weighted by atomic mass is 19.3. The molecule has 1 fully saturated rings. The van der Waals surface area contributed by atoms with Gasteiger partial charge in [0.1, 0.15) is 5.60 Å². The van der Waals surface area contributed by atoms with Gasteiger partial charge in [-0.15, -0.1) is 0 Å². The van der Waals surface area contributed by atoms with Crippen LogP contribution in [0, 0.1) is 0 Å². The van der Waals surface area contributed by atoms with Gasteiger partial charge in [0, 0.05) is 32.2 Å². The average molecular weight is 271 g/mol. The molecule has 1 aliphatic heterocycles. The van der Waals surface area contributed by atoms with Crippen molar-refractivity contribution >= 4 is 0 Å². The van der Waals surface area contributed by atoms with E-state index in [4.69, 9.17) is 9.47 Å². The summed E-state index contributed by atoms with van der Waals surface area (Å²) in [6, 6.07) is 7.83. The summed E-state index contributed by atoms with van der Waals surface area (Å²) in [7, 11) is 1.59. The highest BCUT2D eigenvalue weighted by Gasteiger charge is 2.37. The van der Waals surface area contributed by atoms with Crippen LogP contribution in [0.15, 0.2) is 30.3 Å². The molecule has 1 heterocycles. The molecule has 1 unspecified atom stereocenters. The maximum Gasteiger partial charge on any atom is 0.285 e. The van der Waals surface area contributed by atoms with Crippen LogP contribution < -0.4 is 5.32 Å². The minimum Gasteiger partial charge on any atom is -0.378 e. The molecule has 1 saturated heterocycles. The summed E-state index contributed by atoms with van der Waals surface area (Å²) in [5, 5.41) is 2.80. The number of hydrogen-bond donors (Lipinski definition) is 1. The second-order valence-corrected chi connectivity index (χ2v) is 4.86. The van der Waals surface area contributed by atoms with Gasteiger partial charge in [0.2, 0.25) is 0 Å². The Balaban J connectivity index is 1.88. The summed E-state index contributed by atoms with van der Waals surface area (Å²) in [5.74, 6) is -2.88. The highest BCUT2D eigenvalue weighted by Crippen LogP contribution is 2.27. The quantitative estimate of drug-likeness (QED) is 0.860. The first-order valence-electron chi connectivity index (χ1n) is 6.35. The number of rotatable bonds is 6. The van der Waals surface area contributed by atoms with Crippen LogP contribution in [0.2, 0.25) is 0 Å². The van der Waals surface area contributed by atoms with E-state index >= 15 is 0 Å². The lowest BCUT2D eigenvalue weighted by atomic mass is 10.0. The molecule has 0 radical (unpaired) electrons. The van der Waals surface area contributed by atoms with Crippen LogP contribution in [-0.2, 0) is 15.4 Å². The number of halogens is 2. The van der Waals surface area contributed by atoms with Gasteiger partial charge in [-0.25, -0.2) is 0 Å². The van der Waals surface area contributed by atoms with E-state index in [1.807, 2.05) is 0 Å². The summed E-state index contributed by atoms with van der Waals surface area (Å²) in [5.41, 5.74) is -0.441. The zero-order valence-electron chi connectivity index (χ0n) is 11.0. The third-order valence-electron chi connectivity index (χ3n) is 3.49. The third kappa shape index (κ3) is 3.49. The predicted molar refractivity (Wildman–Crippen MR) is 68.4 cm³/mol. The molecule has 1 aliphatic rings. The molecule has 2 rings (SSSR count). The van der Waals surface area contributed by atoms with Crippen molar-refractivity contribution in [2.45, 2.75) is 17.9 Å². The Morgan fingerprint density at radius 1 is 1.37 bits per heavy atom. The molecule has 0 bridgehead atoms. The lowest BCUT2D eigenvalue weighted by Crippen LogP contribution is -2.45. The molecule has 0 saturated carbocycles. The van der Waals surface area contributed by atoms with Gasteiger partial charge in [-0.1, -0.05) is 30.3 Å². The lowest BCUT2D eigenvalue weighted by Gasteiger charge is -2.27. The van der Waals surface area contributed by atoms with Gasteiger partial charge in [-0.2, -0.15) is 8.78 Å². The number of nitrogens with one attached hydrogen (secondary N) is 1. The van der Waals surface area contributed by atoms with Crippen LogP contribution in [-0.4, -0.2) is 39.0 Å². The second-order valence-electron chi connectivity index (χ2n) is 4.86. The van der Waals surface area contributed by atoms with Crippen molar-refractivity contribution in [3.8, 4) is 0 Å². The van der Waals surface area contributed by atoms with E-state index < -0.39 is 18.1 Å². The van der Waals surface area contributed by atoms with Crippen LogP contribution in [0.4, 0.5) is 8.78 Å². The predicted octanol–water partition coefficient (Wildman–Crippen LogP) is 2.17. The molecule has 3 nitrogen and oxygen atoms in total. The van der Waals surface area contributed by atoms with E-state index in [0.717, 1.165) is 6.42 Å². The normalized spacial score (nSPS) is 23.7. The number of methoxy groups -OCH3 is 1. The Kier molecular flexibility index (Phi) is 4.50. The summed E-state index contributed by atoms with van der Waals surface area (Å²) in [4.78, 5) is 0. The zero-order chi connectivity index (χ0) is 13.8. The molecule has 0 aliphatic carbocycles. The van der Waals surface area contributed by atoms with Gasteiger partial charge in [0.15, 0.2) is 0 Å². The monoisotopic (exact) mass is 271 g/mol. The fourth-order valence-electron chi connectivity index (χ4n) is 2.19. The maximum atomic E-state index is 13.9. The molecule has 0 spiro atoms. The highest BCUT2D eigenvalue weighted by molar-refractivity contribution is 5.20. The maximum absolute atomic E-state index is 13.9. The SMILES string of the molecule is COC1(CNCC(F)(F)c2ccccc2)CCOC1. The van der Waals surface area contributed by atoms with Crippen LogP contribution in [0.1, 0.15) is 12.0 Å². The standard InChI is InChI=1S/C14H19F2NO2/c1-18-13(7-8-19-11-13)9-17-10-14(15,16)12-5-3-2-4-6-12/h2-6,17H,7-11H2,1H3. The molecule has 0 amide bonds. The Labute approximate surface area is 111 Å². The van der Waals surface area contributed by atoms with Crippen LogP contribution in [0.3, 0.4) is 0 Å². The van der Waals surface area contributed by atoms with Gasteiger partial charge in [-0.05, 0) is 0 Å². The van der Waals surface area contributed by atoms with Gasteiger partial charge in [-0.3, -0.25) is 0 Å². The molecule has 1 aromatic rings. The first-order chi connectivity index (χ1) is 9.08. The van der Waals surface area contributed by atoms with Crippen molar-refractivity contribution in [3.05, 3.63) is 35.9 Å². The van der Waals surface area contributed by atoms with E-state index in [-0.39, 0.29) is 5.56 Å². The lowest BCUT2D eigenvalue weighted by molar-refractivity contribution is -0.0332. The third-order valence-corrected chi connectivity index (χ3v) is 3.49. The molecule has 1 atom stereocenters. The Morgan fingerprint density at radius 3 is 2.68 bits per heavy atom. The van der Waals surface area contributed by atoms with Crippen LogP contribution >= 0.6 is 0 Å². The molecular weight excluding hydrogens is 252 g/mol. The van der Waals surface area contributed by atoms with Crippen molar-refractivity contribution in [1.29, 1.82) is 0 Å². The molecule has 1 aromatic carbocycles. The molecule has 106 valence electrons. The largest absolute Gasteiger partial charge is 0.378 e. The second kappa shape index (κ2) is 5.94. The van der Waals surface area contributed by atoms with E-state index in [0.29, 0.717) is 19.8 Å². The van der Waals surface area contributed by atoms with Gasteiger partial charge in [0.25, 0.3) is 5.92 Å². The van der Waals surface area contributed by atoms with Crippen molar-refractivity contribution in [2.24, 2.45) is 0 Å². The zero-order valence-corrected chi connectivity index (χ0v) is 11.0. The van der Waals surface area contributed by atoms with Crippen molar-refractivity contribution in [1.82, 2.24) is 5.32 Å². The van der Waals surface area contributed by atoms with Crippen molar-refractivity contribution < 1.29 is 18.3 Å². The average Bonchev–Trinajstić information content (AvgIpc) is 2.89. The molecule has 5 heteroatoms. The van der Waals surface area contributed by atoms with Gasteiger partial charge < -0.3 is 14.8 Å². The smallest absolute Gasteiger partial charge is 0.285 e. The van der Waals surface area contributed by atoms with E-state index in [1.54, 1.807) is 25.3 Å². The number of hydrogen-bond acceptors (Lipinski definition) is 3. The summed E-state index contributed by atoms with van der Waals surface area (Å²) in [6.07, 6.45) is 0.730. The van der Waals surface area contributed by atoms with Crippen LogP contribution in [0.5, 0.6) is 0 Å². The molecular formula is C14H19F2NO2. The number of ether oxygens (including phenoxy) is 2. The summed E-state index contributed by atoms with van der Waals surface area (Å²) in [6.45, 7) is 1.03. The molecule has 1 N–H and O–H groups in total. The van der Waals surface area contributed by atoms with E-state index in [2.05, 4.69) is 5.32 Å². The fourth-order valence-corrected chi connectivity index (χ4v) is 2.19. The minimum absolute atomic E-state index is 0.0247. The van der Waals surface area contributed by atoms with E-state index in [1.165, 1.54) is 12.1 Å². The minimum atomic E-state index is -2.88. The fraction of sp³-hybridized carbons (Fsp3) is 0.571. The summed E-state index contributed by atoms with van der Waals surface area (Å²) < 4.78 is 38.5. The first-order valence-corrected chi connectivity index (χ1v) is 6.35. The van der Waals surface area contributed by atoms with Gasteiger partial charge >= 0.3 is 0 Å². The van der Waals surface area contributed by atoms with E-state index in [9.17, 15) is 8.78 Å². The Hall–Kier alpha value is -1.04. The molecule has 0 aromatic heterocycles. The van der Waals surface area contributed by atoms with Gasteiger partial charge in [0.05, 0.1) is 13.2 Å². The number of benzene rings is 1. The topological polar surface area (TPSA) is 30.5 Å². The first kappa shape index (κ1) is 14.4. The van der Waals surface area contributed by atoms with Crippen molar-refractivity contribution in [3.63, 3.8) is 0 Å². The van der Waals surface area contributed by atoms with Crippen LogP contribution in [0.25, 0.3) is 0 Å².